The lowest BCUT2D eigenvalue weighted by Crippen LogP contribution is -2.55. The van der Waals surface area contributed by atoms with E-state index in [1.54, 1.807) is 0 Å². The Hall–Kier alpha value is -1.24. The van der Waals surface area contributed by atoms with Gasteiger partial charge >= 0.3 is 0 Å². The largest absolute Gasteiger partial charge is 0.368 e. The molecule has 2 rings (SSSR count). The molecule has 1 aromatic carbocycles. The number of anilines is 1. The molecule has 0 spiro atoms. The van der Waals surface area contributed by atoms with Crippen LogP contribution in [-0.2, 0) is 0 Å². The smallest absolute Gasteiger partial charge is 0.0638 e. The van der Waals surface area contributed by atoms with Crippen LogP contribution in [0.25, 0.3) is 0 Å². The number of piperazine rings is 1. The SMILES string of the molecule is Cc1cc(Cl)ccc1N1CC(C)NC(CC#N)C1. The summed E-state index contributed by atoms with van der Waals surface area (Å²) in [5, 5.41) is 13.1. The third-order valence-corrected chi connectivity index (χ3v) is 3.53. The van der Waals surface area contributed by atoms with Crippen LogP contribution in [-0.4, -0.2) is 25.2 Å². The van der Waals surface area contributed by atoms with E-state index in [2.05, 4.69) is 36.2 Å². The molecule has 18 heavy (non-hydrogen) atoms. The first-order valence-corrected chi connectivity index (χ1v) is 6.62. The molecular formula is C14H18ClN3. The summed E-state index contributed by atoms with van der Waals surface area (Å²) in [5.74, 6) is 0. The summed E-state index contributed by atoms with van der Waals surface area (Å²) in [4.78, 5) is 2.34. The number of nitrogens with one attached hydrogen (secondary N) is 1. The summed E-state index contributed by atoms with van der Waals surface area (Å²) in [6, 6.07) is 8.87. The molecule has 0 aliphatic carbocycles. The minimum absolute atomic E-state index is 0.244. The van der Waals surface area contributed by atoms with Gasteiger partial charge < -0.3 is 10.2 Å². The number of nitriles is 1. The van der Waals surface area contributed by atoms with Crippen LogP contribution in [0.4, 0.5) is 5.69 Å². The van der Waals surface area contributed by atoms with Gasteiger partial charge in [0, 0.05) is 35.9 Å². The van der Waals surface area contributed by atoms with Crippen molar-refractivity contribution in [3.8, 4) is 6.07 Å². The fourth-order valence-electron chi connectivity index (χ4n) is 2.58. The van der Waals surface area contributed by atoms with Crippen molar-refractivity contribution in [1.29, 1.82) is 5.26 Å². The van der Waals surface area contributed by atoms with E-state index in [-0.39, 0.29) is 6.04 Å². The average Bonchev–Trinajstić information content (AvgIpc) is 2.28. The minimum atomic E-state index is 0.244. The molecule has 4 heteroatoms. The van der Waals surface area contributed by atoms with Crippen LogP contribution in [0.3, 0.4) is 0 Å². The Morgan fingerprint density at radius 2 is 2.28 bits per heavy atom. The Balaban J connectivity index is 2.19. The van der Waals surface area contributed by atoms with Crippen LogP contribution >= 0.6 is 11.6 Å². The second-order valence-electron chi connectivity index (χ2n) is 4.96. The molecule has 1 aromatic rings. The van der Waals surface area contributed by atoms with Crippen LogP contribution in [0.15, 0.2) is 18.2 Å². The zero-order chi connectivity index (χ0) is 13.1. The molecule has 1 saturated heterocycles. The monoisotopic (exact) mass is 263 g/mol. The predicted molar refractivity (Wildman–Crippen MR) is 75.0 cm³/mol. The molecule has 1 fully saturated rings. The molecular weight excluding hydrogens is 246 g/mol. The summed E-state index contributed by atoms with van der Waals surface area (Å²) < 4.78 is 0. The molecule has 0 saturated carbocycles. The molecule has 1 aliphatic rings. The van der Waals surface area contributed by atoms with E-state index in [0.29, 0.717) is 12.5 Å². The van der Waals surface area contributed by atoms with Crippen molar-refractivity contribution in [3.05, 3.63) is 28.8 Å². The number of hydrogen-bond donors (Lipinski definition) is 1. The molecule has 0 amide bonds. The highest BCUT2D eigenvalue weighted by molar-refractivity contribution is 6.30. The van der Waals surface area contributed by atoms with Gasteiger partial charge in [-0.3, -0.25) is 0 Å². The Morgan fingerprint density at radius 1 is 1.50 bits per heavy atom. The van der Waals surface area contributed by atoms with Crippen molar-refractivity contribution in [3.63, 3.8) is 0 Å². The van der Waals surface area contributed by atoms with E-state index in [4.69, 9.17) is 16.9 Å². The number of nitrogens with zero attached hydrogens (tertiary/aromatic N) is 2. The van der Waals surface area contributed by atoms with Crippen molar-refractivity contribution in [1.82, 2.24) is 5.32 Å². The quantitative estimate of drug-likeness (QED) is 0.892. The summed E-state index contributed by atoms with van der Waals surface area (Å²) in [6.45, 7) is 6.07. The summed E-state index contributed by atoms with van der Waals surface area (Å²) >= 11 is 5.99. The second-order valence-corrected chi connectivity index (χ2v) is 5.40. The molecule has 0 radical (unpaired) electrons. The van der Waals surface area contributed by atoms with Crippen LogP contribution in [0.5, 0.6) is 0 Å². The van der Waals surface area contributed by atoms with E-state index in [9.17, 15) is 0 Å². The fourth-order valence-corrected chi connectivity index (χ4v) is 2.81. The fraction of sp³-hybridized carbons (Fsp3) is 0.500. The maximum atomic E-state index is 8.83. The van der Waals surface area contributed by atoms with Crippen LogP contribution < -0.4 is 10.2 Å². The first-order chi connectivity index (χ1) is 8.60. The van der Waals surface area contributed by atoms with Gasteiger partial charge in [-0.15, -0.1) is 0 Å². The Kier molecular flexibility index (Phi) is 4.11. The zero-order valence-corrected chi connectivity index (χ0v) is 11.5. The number of benzene rings is 1. The maximum absolute atomic E-state index is 8.83. The molecule has 1 heterocycles. The van der Waals surface area contributed by atoms with Gasteiger partial charge in [-0.1, -0.05) is 11.6 Å². The standard InChI is InChI=1S/C14H18ClN3/c1-10-7-12(15)3-4-14(10)18-8-11(2)17-13(9-18)5-6-16/h3-4,7,11,13,17H,5,8-9H2,1-2H3. The molecule has 1 aliphatic heterocycles. The lowest BCUT2D eigenvalue weighted by Gasteiger charge is -2.39. The highest BCUT2D eigenvalue weighted by Crippen LogP contribution is 2.25. The van der Waals surface area contributed by atoms with E-state index in [1.165, 1.54) is 11.3 Å². The molecule has 1 N–H and O–H groups in total. The highest BCUT2D eigenvalue weighted by Gasteiger charge is 2.24. The second kappa shape index (κ2) is 5.60. The van der Waals surface area contributed by atoms with Gasteiger partial charge in [0.25, 0.3) is 0 Å². The van der Waals surface area contributed by atoms with Crippen LogP contribution in [0.2, 0.25) is 5.02 Å². The van der Waals surface area contributed by atoms with Gasteiger partial charge in [0.2, 0.25) is 0 Å². The van der Waals surface area contributed by atoms with E-state index in [1.807, 2.05) is 12.1 Å². The minimum Gasteiger partial charge on any atom is -0.368 e. The summed E-state index contributed by atoms with van der Waals surface area (Å²) in [7, 11) is 0. The third kappa shape index (κ3) is 2.95. The van der Waals surface area contributed by atoms with Crippen molar-refractivity contribution in [2.75, 3.05) is 18.0 Å². The lowest BCUT2D eigenvalue weighted by molar-refractivity contribution is 0.391. The predicted octanol–water partition coefficient (Wildman–Crippen LogP) is 2.73. The zero-order valence-electron chi connectivity index (χ0n) is 10.8. The van der Waals surface area contributed by atoms with Gasteiger partial charge in [-0.25, -0.2) is 0 Å². The van der Waals surface area contributed by atoms with Crippen LogP contribution in [0.1, 0.15) is 18.9 Å². The van der Waals surface area contributed by atoms with Crippen molar-refractivity contribution < 1.29 is 0 Å². The normalized spacial score (nSPS) is 23.8. The van der Waals surface area contributed by atoms with Crippen molar-refractivity contribution in [2.45, 2.75) is 32.4 Å². The number of hydrogen-bond acceptors (Lipinski definition) is 3. The highest BCUT2D eigenvalue weighted by atomic mass is 35.5. The first-order valence-electron chi connectivity index (χ1n) is 6.24. The topological polar surface area (TPSA) is 39.1 Å². The Morgan fingerprint density at radius 3 is 2.94 bits per heavy atom. The number of halogens is 1. The molecule has 2 unspecified atom stereocenters. The third-order valence-electron chi connectivity index (χ3n) is 3.29. The van der Waals surface area contributed by atoms with Gasteiger partial charge in [-0.05, 0) is 37.6 Å². The van der Waals surface area contributed by atoms with Crippen molar-refractivity contribution >= 4 is 17.3 Å². The van der Waals surface area contributed by atoms with Crippen molar-refractivity contribution in [2.24, 2.45) is 0 Å². The molecule has 0 aromatic heterocycles. The van der Waals surface area contributed by atoms with Crippen LogP contribution in [0, 0.1) is 18.3 Å². The van der Waals surface area contributed by atoms with Gasteiger partial charge in [0.1, 0.15) is 0 Å². The first kappa shape index (κ1) is 13.2. The van der Waals surface area contributed by atoms with E-state index >= 15 is 0 Å². The maximum Gasteiger partial charge on any atom is 0.0638 e. The van der Waals surface area contributed by atoms with Gasteiger partial charge in [-0.2, -0.15) is 5.26 Å². The Bertz CT molecular complexity index is 467. The van der Waals surface area contributed by atoms with Gasteiger partial charge in [0.15, 0.2) is 0 Å². The molecule has 2 atom stereocenters. The van der Waals surface area contributed by atoms with E-state index in [0.717, 1.165) is 18.1 Å². The molecule has 3 nitrogen and oxygen atoms in total. The van der Waals surface area contributed by atoms with Gasteiger partial charge in [0.05, 0.1) is 12.5 Å². The Labute approximate surface area is 113 Å². The lowest BCUT2D eigenvalue weighted by atomic mass is 10.1. The summed E-state index contributed by atoms with van der Waals surface area (Å²) in [6.07, 6.45) is 0.549. The average molecular weight is 264 g/mol. The number of rotatable bonds is 2. The summed E-state index contributed by atoms with van der Waals surface area (Å²) in [5.41, 5.74) is 2.41. The number of aryl methyl sites for hydroxylation is 1. The molecule has 96 valence electrons. The molecule has 0 bridgehead atoms. The van der Waals surface area contributed by atoms with E-state index < -0.39 is 0 Å².